The molecule has 2 heterocycles. The number of fused-ring (bicyclic) bond motifs is 1. The smallest absolute Gasteiger partial charge is 0.254 e. The van der Waals surface area contributed by atoms with Crippen LogP contribution in [0.25, 0.3) is 0 Å². The van der Waals surface area contributed by atoms with Crippen molar-refractivity contribution in [3.05, 3.63) is 52.5 Å². The Morgan fingerprint density at radius 2 is 1.89 bits per heavy atom. The van der Waals surface area contributed by atoms with E-state index in [1.165, 1.54) is 24.8 Å². The number of amides is 1. The summed E-state index contributed by atoms with van der Waals surface area (Å²) in [6.07, 6.45) is 5.55. The van der Waals surface area contributed by atoms with Crippen molar-refractivity contribution < 1.29 is 4.79 Å². The summed E-state index contributed by atoms with van der Waals surface area (Å²) in [6, 6.07) is 8.13. The van der Waals surface area contributed by atoms with Gasteiger partial charge >= 0.3 is 0 Å². The van der Waals surface area contributed by atoms with E-state index in [1.807, 2.05) is 43.0 Å². The summed E-state index contributed by atoms with van der Waals surface area (Å²) in [5.41, 5.74) is 4.21. The van der Waals surface area contributed by atoms with Gasteiger partial charge in [-0.05, 0) is 37.5 Å². The average Bonchev–Trinajstić information content (AvgIpc) is 2.67. The molecule has 0 fully saturated rings. The van der Waals surface area contributed by atoms with Crippen LogP contribution in [0.5, 0.6) is 0 Å². The fraction of sp³-hybridized carbons (Fsp3) is 0.500. The lowest BCUT2D eigenvalue weighted by Gasteiger charge is -2.31. The van der Waals surface area contributed by atoms with Crippen molar-refractivity contribution in [1.29, 1.82) is 0 Å². The monoisotopic (exact) mass is 366 g/mol. The van der Waals surface area contributed by atoms with Crippen LogP contribution in [0.4, 0.5) is 5.82 Å². The van der Waals surface area contributed by atoms with E-state index in [1.54, 1.807) is 0 Å². The van der Waals surface area contributed by atoms with Gasteiger partial charge in [0, 0.05) is 38.2 Å². The average molecular weight is 367 g/mol. The lowest BCUT2D eigenvalue weighted by molar-refractivity contribution is 0.0733. The maximum Gasteiger partial charge on any atom is 0.254 e. The number of rotatable bonds is 6. The van der Waals surface area contributed by atoms with Crippen molar-refractivity contribution in [3.8, 4) is 0 Å². The maximum absolute atomic E-state index is 13.0. The molecule has 0 radical (unpaired) electrons. The van der Waals surface area contributed by atoms with E-state index in [9.17, 15) is 4.79 Å². The van der Waals surface area contributed by atoms with Crippen molar-refractivity contribution in [2.24, 2.45) is 0 Å². The highest BCUT2D eigenvalue weighted by Gasteiger charge is 2.26. The molecule has 0 spiro atoms. The zero-order valence-corrected chi connectivity index (χ0v) is 17.0. The number of anilines is 1. The standard InChI is InChI=1S/C22H30N4O/c1-5-6-7-8-17-9-11-18(12-10-17)22(27)26-14-13-20-19(15-26)21(25(3)4)24-16(2)23-20/h9-12H,5-8,13-15H2,1-4H3. The number of nitrogens with zero attached hydrogens (tertiary/aromatic N) is 4. The van der Waals surface area contributed by atoms with Crippen molar-refractivity contribution in [2.75, 3.05) is 25.5 Å². The van der Waals surface area contributed by atoms with E-state index < -0.39 is 0 Å². The van der Waals surface area contributed by atoms with Gasteiger partial charge < -0.3 is 9.80 Å². The molecule has 3 rings (SSSR count). The number of aromatic nitrogens is 2. The van der Waals surface area contributed by atoms with Crippen molar-refractivity contribution in [2.45, 2.75) is 52.5 Å². The minimum absolute atomic E-state index is 0.0889. The van der Waals surface area contributed by atoms with Crippen LogP contribution in [0.2, 0.25) is 0 Å². The second-order valence-electron chi connectivity index (χ2n) is 7.54. The van der Waals surface area contributed by atoms with Crippen molar-refractivity contribution in [3.63, 3.8) is 0 Å². The summed E-state index contributed by atoms with van der Waals surface area (Å²) in [5, 5.41) is 0. The molecule has 0 saturated heterocycles. The Balaban J connectivity index is 1.74. The Morgan fingerprint density at radius 1 is 1.15 bits per heavy atom. The molecule has 1 aromatic carbocycles. The quantitative estimate of drug-likeness (QED) is 0.730. The first-order valence-electron chi connectivity index (χ1n) is 9.91. The molecule has 0 unspecified atom stereocenters. The Morgan fingerprint density at radius 3 is 2.56 bits per heavy atom. The van der Waals surface area contributed by atoms with E-state index in [0.29, 0.717) is 13.1 Å². The van der Waals surface area contributed by atoms with Crippen LogP contribution in [0.15, 0.2) is 24.3 Å². The molecule has 0 atom stereocenters. The number of carbonyl (C=O) groups excluding carboxylic acids is 1. The van der Waals surface area contributed by atoms with Crippen LogP contribution in [-0.4, -0.2) is 41.4 Å². The molecule has 5 nitrogen and oxygen atoms in total. The molecular formula is C22H30N4O. The highest BCUT2D eigenvalue weighted by Crippen LogP contribution is 2.26. The summed E-state index contributed by atoms with van der Waals surface area (Å²) in [4.78, 5) is 26.1. The number of hydrogen-bond donors (Lipinski definition) is 0. The Labute approximate surface area is 162 Å². The molecule has 1 aromatic heterocycles. The van der Waals surface area contributed by atoms with Crippen LogP contribution in [0.1, 0.15) is 59.2 Å². The molecule has 2 aromatic rings. The number of hydrogen-bond acceptors (Lipinski definition) is 4. The lowest BCUT2D eigenvalue weighted by Crippen LogP contribution is -2.37. The molecule has 144 valence electrons. The van der Waals surface area contributed by atoms with E-state index in [0.717, 1.165) is 41.3 Å². The van der Waals surface area contributed by atoms with Gasteiger partial charge in [-0.25, -0.2) is 9.97 Å². The normalized spacial score (nSPS) is 13.4. The summed E-state index contributed by atoms with van der Waals surface area (Å²) in [7, 11) is 3.97. The van der Waals surface area contributed by atoms with Crippen LogP contribution in [-0.2, 0) is 19.4 Å². The molecule has 0 saturated carbocycles. The van der Waals surface area contributed by atoms with Crippen molar-refractivity contribution >= 4 is 11.7 Å². The van der Waals surface area contributed by atoms with Gasteiger partial charge in [0.05, 0.1) is 12.2 Å². The summed E-state index contributed by atoms with van der Waals surface area (Å²) in [5.74, 6) is 1.79. The third-order valence-electron chi connectivity index (χ3n) is 5.13. The minimum Gasteiger partial charge on any atom is -0.362 e. The Bertz CT molecular complexity index is 799. The van der Waals surface area contributed by atoms with Crippen LogP contribution >= 0.6 is 0 Å². The fourth-order valence-corrected chi connectivity index (χ4v) is 3.64. The molecule has 1 aliphatic heterocycles. The highest BCUT2D eigenvalue weighted by atomic mass is 16.2. The fourth-order valence-electron chi connectivity index (χ4n) is 3.64. The van der Waals surface area contributed by atoms with Gasteiger partial charge in [-0.1, -0.05) is 31.9 Å². The van der Waals surface area contributed by atoms with Crippen LogP contribution in [0.3, 0.4) is 0 Å². The topological polar surface area (TPSA) is 49.3 Å². The number of unbranched alkanes of at least 4 members (excludes halogenated alkanes) is 2. The molecule has 5 heteroatoms. The van der Waals surface area contributed by atoms with Gasteiger partial charge in [0.2, 0.25) is 0 Å². The summed E-state index contributed by atoms with van der Waals surface area (Å²) >= 11 is 0. The van der Waals surface area contributed by atoms with E-state index in [2.05, 4.69) is 29.0 Å². The second kappa shape index (κ2) is 8.51. The minimum atomic E-state index is 0.0889. The summed E-state index contributed by atoms with van der Waals surface area (Å²) in [6.45, 7) is 5.41. The maximum atomic E-state index is 13.0. The van der Waals surface area contributed by atoms with Crippen LogP contribution in [0, 0.1) is 6.92 Å². The highest BCUT2D eigenvalue weighted by molar-refractivity contribution is 5.94. The van der Waals surface area contributed by atoms with Gasteiger partial charge in [0.25, 0.3) is 5.91 Å². The van der Waals surface area contributed by atoms with E-state index >= 15 is 0 Å². The van der Waals surface area contributed by atoms with Gasteiger partial charge in [0.15, 0.2) is 0 Å². The first-order chi connectivity index (χ1) is 13.0. The van der Waals surface area contributed by atoms with Gasteiger partial charge in [-0.3, -0.25) is 4.79 Å². The van der Waals surface area contributed by atoms with Gasteiger partial charge in [-0.15, -0.1) is 0 Å². The summed E-state index contributed by atoms with van der Waals surface area (Å²) < 4.78 is 0. The molecule has 1 amide bonds. The molecule has 1 aliphatic rings. The van der Waals surface area contributed by atoms with E-state index in [-0.39, 0.29) is 5.91 Å². The Hall–Kier alpha value is -2.43. The largest absolute Gasteiger partial charge is 0.362 e. The Kier molecular flexibility index (Phi) is 6.09. The molecule has 0 bridgehead atoms. The lowest BCUT2D eigenvalue weighted by atomic mass is 10.0. The third-order valence-corrected chi connectivity index (χ3v) is 5.13. The van der Waals surface area contributed by atoms with Gasteiger partial charge in [-0.2, -0.15) is 0 Å². The first kappa shape index (κ1) is 19.3. The van der Waals surface area contributed by atoms with Crippen molar-refractivity contribution in [1.82, 2.24) is 14.9 Å². The first-order valence-corrected chi connectivity index (χ1v) is 9.91. The zero-order valence-electron chi connectivity index (χ0n) is 17.0. The van der Waals surface area contributed by atoms with Crippen LogP contribution < -0.4 is 4.90 Å². The molecule has 0 N–H and O–H groups in total. The number of benzene rings is 1. The molecule has 27 heavy (non-hydrogen) atoms. The molecular weight excluding hydrogens is 336 g/mol. The molecule has 0 aliphatic carbocycles. The zero-order chi connectivity index (χ0) is 19.4. The second-order valence-corrected chi connectivity index (χ2v) is 7.54. The van der Waals surface area contributed by atoms with Gasteiger partial charge in [0.1, 0.15) is 11.6 Å². The number of carbonyl (C=O) groups is 1. The van der Waals surface area contributed by atoms with E-state index in [4.69, 9.17) is 0 Å². The number of aryl methyl sites for hydroxylation is 2. The third kappa shape index (κ3) is 4.46. The predicted molar refractivity (Wildman–Crippen MR) is 109 cm³/mol. The predicted octanol–water partition coefficient (Wildman–Crippen LogP) is 3.78. The SMILES string of the molecule is CCCCCc1ccc(C(=O)N2CCc3nc(C)nc(N(C)C)c3C2)cc1.